The zero-order valence-electron chi connectivity index (χ0n) is 11.5. The lowest BCUT2D eigenvalue weighted by Gasteiger charge is -2.15. The van der Waals surface area contributed by atoms with E-state index in [1.165, 1.54) is 5.38 Å². The number of carbonyl (C=O) groups is 1. The molecule has 3 N–H and O–H groups in total. The number of carboxylic acid groups (broad SMARTS) is 1. The van der Waals surface area contributed by atoms with Crippen LogP contribution in [0.25, 0.3) is 0 Å². The summed E-state index contributed by atoms with van der Waals surface area (Å²) in [5.41, 5.74) is 5.05. The molecule has 11 heteroatoms. The van der Waals surface area contributed by atoms with Gasteiger partial charge >= 0.3 is 13.6 Å². The number of aliphatic carboxylic acids is 1. The van der Waals surface area contributed by atoms with Crippen molar-refractivity contribution in [2.75, 3.05) is 25.3 Å². The predicted octanol–water partition coefficient (Wildman–Crippen LogP) is 1.75. The van der Waals surface area contributed by atoms with Gasteiger partial charge in [0.05, 0.1) is 13.2 Å². The summed E-state index contributed by atoms with van der Waals surface area (Å²) >= 11 is 1.07. The Kier molecular flexibility index (Phi) is 6.76. The van der Waals surface area contributed by atoms with Crippen molar-refractivity contribution in [3.63, 3.8) is 0 Å². The van der Waals surface area contributed by atoms with Crippen LogP contribution < -0.4 is 5.73 Å². The van der Waals surface area contributed by atoms with Crippen LogP contribution in [0.1, 0.15) is 19.5 Å². The third-order valence-corrected chi connectivity index (χ3v) is 4.40. The highest BCUT2D eigenvalue weighted by Crippen LogP contribution is 2.47. The minimum absolute atomic E-state index is 0.0626. The van der Waals surface area contributed by atoms with Gasteiger partial charge in [-0.15, -0.1) is 11.3 Å². The van der Waals surface area contributed by atoms with Gasteiger partial charge in [0.15, 0.2) is 5.13 Å². The highest BCUT2D eigenvalue weighted by atomic mass is 32.1. The lowest BCUT2D eigenvalue weighted by atomic mass is 10.3. The second kappa shape index (κ2) is 8.08. The fourth-order valence-corrected chi connectivity index (χ4v) is 3.02. The molecule has 0 aromatic carbocycles. The lowest BCUT2D eigenvalue weighted by molar-refractivity contribution is -0.129. The first-order chi connectivity index (χ1) is 9.91. The average Bonchev–Trinajstić information content (AvgIpc) is 2.81. The molecule has 21 heavy (non-hydrogen) atoms. The number of nitrogens with two attached hydrogens (primary N) is 1. The minimum Gasteiger partial charge on any atom is -0.476 e. The molecule has 1 aromatic rings. The van der Waals surface area contributed by atoms with Crippen molar-refractivity contribution in [2.24, 2.45) is 5.16 Å². The molecular weight excluding hydrogens is 321 g/mol. The number of carboxylic acids is 1. The van der Waals surface area contributed by atoms with Crippen LogP contribution >= 0.6 is 18.9 Å². The molecule has 1 heterocycles. The predicted molar refractivity (Wildman–Crippen MR) is 77.5 cm³/mol. The second-order valence-electron chi connectivity index (χ2n) is 3.52. The maximum atomic E-state index is 12.1. The third-order valence-electron chi connectivity index (χ3n) is 1.99. The summed E-state index contributed by atoms with van der Waals surface area (Å²) in [7, 11) is -3.46. The number of aromatic nitrogens is 1. The molecule has 0 aliphatic carbocycles. The highest BCUT2D eigenvalue weighted by molar-refractivity contribution is 7.53. The van der Waals surface area contributed by atoms with E-state index in [0.29, 0.717) is 0 Å². The van der Waals surface area contributed by atoms with Crippen LogP contribution in [0.4, 0.5) is 5.13 Å². The topological polar surface area (TPSA) is 133 Å². The molecular formula is C10H16N3O6PS. The molecule has 0 unspecified atom stereocenters. The molecule has 0 radical (unpaired) electrons. The van der Waals surface area contributed by atoms with Gasteiger partial charge in [0.2, 0.25) is 12.1 Å². The zero-order chi connectivity index (χ0) is 15.9. The van der Waals surface area contributed by atoms with Gasteiger partial charge in [-0.25, -0.2) is 9.78 Å². The number of oxime groups is 1. The molecule has 0 saturated heterocycles. The zero-order valence-corrected chi connectivity index (χ0v) is 13.2. The summed E-state index contributed by atoms with van der Waals surface area (Å²) in [6.45, 7) is 3.63. The van der Waals surface area contributed by atoms with E-state index in [0.717, 1.165) is 11.3 Å². The van der Waals surface area contributed by atoms with Gasteiger partial charge in [-0.05, 0) is 13.8 Å². The first-order valence-corrected chi connectivity index (χ1v) is 8.55. The fraction of sp³-hybridized carbons (Fsp3) is 0.500. The fourth-order valence-electron chi connectivity index (χ4n) is 1.26. The van der Waals surface area contributed by atoms with E-state index < -0.39 is 25.6 Å². The van der Waals surface area contributed by atoms with Crippen LogP contribution in [-0.2, 0) is 23.2 Å². The SMILES string of the molecule is CCOP(=O)(CO/N=C(\C(=O)O)c1csc(N)n1)OCC. The first kappa shape index (κ1) is 17.6. The van der Waals surface area contributed by atoms with Crippen molar-refractivity contribution in [1.82, 2.24) is 4.98 Å². The monoisotopic (exact) mass is 337 g/mol. The Morgan fingerprint density at radius 2 is 2.10 bits per heavy atom. The first-order valence-electron chi connectivity index (χ1n) is 5.94. The Morgan fingerprint density at radius 1 is 1.48 bits per heavy atom. The molecule has 0 saturated carbocycles. The van der Waals surface area contributed by atoms with Gasteiger partial charge in [-0.1, -0.05) is 5.16 Å². The smallest absolute Gasteiger partial charge is 0.370 e. The van der Waals surface area contributed by atoms with Crippen LogP contribution in [0, 0.1) is 0 Å². The molecule has 1 rings (SSSR count). The van der Waals surface area contributed by atoms with E-state index in [4.69, 9.17) is 24.7 Å². The van der Waals surface area contributed by atoms with Crippen molar-refractivity contribution in [2.45, 2.75) is 13.8 Å². The molecule has 0 atom stereocenters. The largest absolute Gasteiger partial charge is 0.476 e. The maximum Gasteiger partial charge on any atom is 0.370 e. The Labute approximate surface area is 125 Å². The van der Waals surface area contributed by atoms with Gasteiger partial charge in [0.25, 0.3) is 0 Å². The number of hydrogen-bond donors (Lipinski definition) is 2. The Balaban J connectivity index is 2.79. The normalized spacial score (nSPS) is 12.4. The Bertz CT molecular complexity index is 551. The van der Waals surface area contributed by atoms with Crippen molar-refractivity contribution in [1.29, 1.82) is 0 Å². The van der Waals surface area contributed by atoms with Crippen LogP contribution in [0.5, 0.6) is 0 Å². The molecule has 1 aromatic heterocycles. The van der Waals surface area contributed by atoms with E-state index in [9.17, 15) is 9.36 Å². The summed E-state index contributed by atoms with van der Waals surface area (Å²) in [4.78, 5) is 19.7. The molecule has 0 aliphatic rings. The van der Waals surface area contributed by atoms with E-state index >= 15 is 0 Å². The quantitative estimate of drug-likeness (QED) is 0.395. The number of nitrogen functional groups attached to an aromatic ring is 1. The van der Waals surface area contributed by atoms with Gasteiger partial charge in [-0.3, -0.25) is 4.57 Å². The summed E-state index contributed by atoms with van der Waals surface area (Å²) in [6.07, 6.45) is -0.495. The molecule has 0 amide bonds. The van der Waals surface area contributed by atoms with Crippen LogP contribution in [0.3, 0.4) is 0 Å². The highest BCUT2D eigenvalue weighted by Gasteiger charge is 2.25. The van der Waals surface area contributed by atoms with Crippen molar-refractivity contribution < 1.29 is 28.4 Å². The average molecular weight is 337 g/mol. The standard InChI is InChI=1S/C10H16N3O6PS/c1-3-18-20(16,19-4-2)6-17-13-8(9(14)15)7-5-21-10(11)12-7/h5H,3-4,6H2,1-2H3,(H2,11,12)(H,14,15)/b13-8-. The number of nitrogens with zero attached hydrogens (tertiary/aromatic N) is 2. The molecule has 9 nitrogen and oxygen atoms in total. The summed E-state index contributed by atoms with van der Waals surface area (Å²) in [6, 6.07) is 0. The Morgan fingerprint density at radius 3 is 2.52 bits per heavy atom. The molecule has 0 bridgehead atoms. The molecule has 0 fully saturated rings. The molecule has 0 spiro atoms. The number of thiazole rings is 1. The molecule has 118 valence electrons. The van der Waals surface area contributed by atoms with E-state index in [1.54, 1.807) is 13.8 Å². The van der Waals surface area contributed by atoms with Crippen LogP contribution in [0.2, 0.25) is 0 Å². The minimum atomic E-state index is -3.46. The summed E-state index contributed by atoms with van der Waals surface area (Å²) < 4.78 is 22.0. The van der Waals surface area contributed by atoms with E-state index in [-0.39, 0.29) is 24.0 Å². The van der Waals surface area contributed by atoms with Crippen molar-refractivity contribution in [3.05, 3.63) is 11.1 Å². The number of anilines is 1. The second-order valence-corrected chi connectivity index (χ2v) is 6.41. The van der Waals surface area contributed by atoms with Crippen molar-refractivity contribution >= 4 is 35.7 Å². The number of hydrogen-bond acceptors (Lipinski definition) is 9. The third kappa shape index (κ3) is 5.43. The Hall–Kier alpha value is -1.48. The van der Waals surface area contributed by atoms with Gasteiger partial charge in [-0.2, -0.15) is 0 Å². The summed E-state index contributed by atoms with van der Waals surface area (Å²) in [5.74, 6) is -1.34. The van der Waals surface area contributed by atoms with E-state index in [1.807, 2.05) is 0 Å². The summed E-state index contributed by atoms with van der Waals surface area (Å²) in [5, 5.41) is 14.1. The maximum absolute atomic E-state index is 12.1. The molecule has 0 aliphatic heterocycles. The lowest BCUT2D eigenvalue weighted by Crippen LogP contribution is -2.16. The van der Waals surface area contributed by atoms with E-state index in [2.05, 4.69) is 10.1 Å². The van der Waals surface area contributed by atoms with Crippen LogP contribution in [-0.4, -0.2) is 41.3 Å². The van der Waals surface area contributed by atoms with Crippen LogP contribution in [0.15, 0.2) is 10.5 Å². The number of rotatable bonds is 9. The van der Waals surface area contributed by atoms with Gasteiger partial charge in [0.1, 0.15) is 5.69 Å². The van der Waals surface area contributed by atoms with Crippen molar-refractivity contribution in [3.8, 4) is 0 Å². The van der Waals surface area contributed by atoms with Gasteiger partial charge in [0, 0.05) is 5.38 Å². The van der Waals surface area contributed by atoms with Gasteiger partial charge < -0.3 is 24.7 Å².